The lowest BCUT2D eigenvalue weighted by atomic mass is 10.1. The molecule has 134 valence electrons. The molecular formula is C20H21N3O3. The van der Waals surface area contributed by atoms with E-state index in [9.17, 15) is 4.79 Å². The summed E-state index contributed by atoms with van der Waals surface area (Å²) in [5, 5.41) is 4.02. The van der Waals surface area contributed by atoms with Gasteiger partial charge in [0.25, 0.3) is 5.56 Å². The van der Waals surface area contributed by atoms with Crippen molar-refractivity contribution in [2.45, 2.75) is 26.4 Å². The molecule has 6 nitrogen and oxygen atoms in total. The number of hydrogen-bond donors (Lipinski definition) is 2. The van der Waals surface area contributed by atoms with Gasteiger partial charge in [0, 0.05) is 6.04 Å². The summed E-state index contributed by atoms with van der Waals surface area (Å²) in [4.78, 5) is 19.7. The highest BCUT2D eigenvalue weighted by molar-refractivity contribution is 5.80. The van der Waals surface area contributed by atoms with Crippen LogP contribution in [0, 0.1) is 6.92 Å². The Balaban J connectivity index is 1.53. The fourth-order valence-corrected chi connectivity index (χ4v) is 3.13. The van der Waals surface area contributed by atoms with Gasteiger partial charge in [-0.1, -0.05) is 18.2 Å². The second kappa shape index (κ2) is 6.80. The van der Waals surface area contributed by atoms with Crippen LogP contribution in [0.5, 0.6) is 11.5 Å². The van der Waals surface area contributed by atoms with Crippen molar-refractivity contribution in [3.05, 3.63) is 63.7 Å². The normalized spacial score (nSPS) is 14.4. The summed E-state index contributed by atoms with van der Waals surface area (Å²) in [6.07, 6.45) is 0. The Morgan fingerprint density at radius 2 is 2.00 bits per heavy atom. The minimum Gasteiger partial charge on any atom is -0.486 e. The van der Waals surface area contributed by atoms with Gasteiger partial charge >= 0.3 is 0 Å². The number of benzene rings is 2. The molecule has 0 aliphatic carbocycles. The average Bonchev–Trinajstić information content (AvgIpc) is 2.66. The molecule has 0 radical (unpaired) electrons. The fraction of sp³-hybridized carbons (Fsp3) is 0.300. The van der Waals surface area contributed by atoms with Crippen LogP contribution in [0.2, 0.25) is 0 Å². The van der Waals surface area contributed by atoms with Gasteiger partial charge in [0.2, 0.25) is 0 Å². The summed E-state index contributed by atoms with van der Waals surface area (Å²) in [5.74, 6) is 2.18. The Morgan fingerprint density at radius 1 is 1.19 bits per heavy atom. The summed E-state index contributed by atoms with van der Waals surface area (Å²) >= 11 is 0. The quantitative estimate of drug-likeness (QED) is 0.756. The Bertz CT molecular complexity index is 1010. The van der Waals surface area contributed by atoms with Crippen molar-refractivity contribution in [3.8, 4) is 11.5 Å². The molecule has 2 heterocycles. The molecule has 2 aromatic carbocycles. The van der Waals surface area contributed by atoms with E-state index in [2.05, 4.69) is 22.2 Å². The van der Waals surface area contributed by atoms with E-state index >= 15 is 0 Å². The number of nitrogens with zero attached hydrogens (tertiary/aromatic N) is 1. The van der Waals surface area contributed by atoms with Crippen molar-refractivity contribution in [3.63, 3.8) is 0 Å². The highest BCUT2D eigenvalue weighted by Crippen LogP contribution is 2.32. The number of rotatable bonds is 4. The molecule has 1 aliphatic heterocycles. The van der Waals surface area contributed by atoms with Crippen molar-refractivity contribution in [2.24, 2.45) is 0 Å². The topological polar surface area (TPSA) is 76.2 Å². The number of nitrogens with one attached hydrogen (secondary N) is 2. The molecule has 1 aliphatic rings. The van der Waals surface area contributed by atoms with Gasteiger partial charge in [0.1, 0.15) is 19.0 Å². The van der Waals surface area contributed by atoms with E-state index in [0.717, 1.165) is 28.1 Å². The van der Waals surface area contributed by atoms with Gasteiger partial charge in [-0.25, -0.2) is 4.98 Å². The summed E-state index contributed by atoms with van der Waals surface area (Å²) in [5.41, 5.74) is 2.73. The standard InChI is InChI=1S/C20H21N3O3/c1-12-4-3-5-15-19(12)22-18(23-20(15)24)11-21-13(2)14-6-7-16-17(10-14)26-9-8-25-16/h3-7,10,13,21H,8-9,11H2,1-2H3,(H,22,23,24). The molecule has 0 saturated carbocycles. The first kappa shape index (κ1) is 16.6. The summed E-state index contributed by atoms with van der Waals surface area (Å²) in [6.45, 7) is 5.65. The number of hydrogen-bond acceptors (Lipinski definition) is 5. The molecule has 0 spiro atoms. The monoisotopic (exact) mass is 351 g/mol. The van der Waals surface area contributed by atoms with Crippen LogP contribution in [0.15, 0.2) is 41.2 Å². The van der Waals surface area contributed by atoms with Crippen molar-refractivity contribution >= 4 is 10.9 Å². The highest BCUT2D eigenvalue weighted by atomic mass is 16.6. The van der Waals surface area contributed by atoms with Crippen LogP contribution in [0.4, 0.5) is 0 Å². The van der Waals surface area contributed by atoms with E-state index in [1.54, 1.807) is 6.07 Å². The van der Waals surface area contributed by atoms with E-state index in [-0.39, 0.29) is 11.6 Å². The van der Waals surface area contributed by atoms with Gasteiger partial charge in [-0.05, 0) is 43.2 Å². The number of aromatic amines is 1. The summed E-state index contributed by atoms with van der Waals surface area (Å²) in [7, 11) is 0. The number of para-hydroxylation sites is 1. The van der Waals surface area contributed by atoms with Gasteiger partial charge in [-0.15, -0.1) is 0 Å². The maximum atomic E-state index is 12.3. The van der Waals surface area contributed by atoms with E-state index in [1.807, 2.05) is 37.3 Å². The molecule has 26 heavy (non-hydrogen) atoms. The lowest BCUT2D eigenvalue weighted by molar-refractivity contribution is 0.171. The molecule has 0 bridgehead atoms. The Kier molecular flexibility index (Phi) is 4.34. The van der Waals surface area contributed by atoms with Crippen molar-refractivity contribution in [1.29, 1.82) is 0 Å². The van der Waals surface area contributed by atoms with E-state index in [4.69, 9.17) is 9.47 Å². The van der Waals surface area contributed by atoms with Gasteiger partial charge in [-0.3, -0.25) is 4.79 Å². The van der Waals surface area contributed by atoms with Crippen LogP contribution in [-0.2, 0) is 6.54 Å². The van der Waals surface area contributed by atoms with E-state index < -0.39 is 0 Å². The van der Waals surface area contributed by atoms with Crippen LogP contribution in [-0.4, -0.2) is 23.2 Å². The maximum absolute atomic E-state index is 12.3. The lowest BCUT2D eigenvalue weighted by Gasteiger charge is -2.21. The third-order valence-electron chi connectivity index (χ3n) is 4.63. The average molecular weight is 351 g/mol. The molecule has 4 rings (SSSR count). The van der Waals surface area contributed by atoms with Crippen molar-refractivity contribution < 1.29 is 9.47 Å². The van der Waals surface area contributed by atoms with Crippen LogP contribution in [0.1, 0.15) is 29.9 Å². The first-order chi connectivity index (χ1) is 12.6. The fourth-order valence-electron chi connectivity index (χ4n) is 3.13. The van der Waals surface area contributed by atoms with Gasteiger partial charge < -0.3 is 19.8 Å². The molecule has 1 unspecified atom stereocenters. The Morgan fingerprint density at radius 3 is 2.85 bits per heavy atom. The van der Waals surface area contributed by atoms with Gasteiger partial charge in [-0.2, -0.15) is 0 Å². The molecule has 2 N–H and O–H groups in total. The smallest absolute Gasteiger partial charge is 0.258 e. The van der Waals surface area contributed by atoms with Crippen LogP contribution < -0.4 is 20.3 Å². The SMILES string of the molecule is Cc1cccc2c(=O)[nH]c(CNC(C)c3ccc4c(c3)OCCO4)nc12. The van der Waals surface area contributed by atoms with E-state index in [0.29, 0.717) is 31.0 Å². The molecule has 0 amide bonds. The molecular weight excluding hydrogens is 330 g/mol. The minimum atomic E-state index is -0.109. The third-order valence-corrected chi connectivity index (χ3v) is 4.63. The highest BCUT2D eigenvalue weighted by Gasteiger charge is 2.15. The van der Waals surface area contributed by atoms with Crippen molar-refractivity contribution in [2.75, 3.05) is 13.2 Å². The minimum absolute atomic E-state index is 0.0729. The number of ether oxygens (including phenoxy) is 2. The second-order valence-corrected chi connectivity index (χ2v) is 6.49. The van der Waals surface area contributed by atoms with Crippen LogP contribution in [0.25, 0.3) is 10.9 Å². The van der Waals surface area contributed by atoms with Crippen molar-refractivity contribution in [1.82, 2.24) is 15.3 Å². The zero-order valence-corrected chi connectivity index (χ0v) is 14.8. The van der Waals surface area contributed by atoms with Crippen LogP contribution in [0.3, 0.4) is 0 Å². The molecule has 1 aromatic heterocycles. The van der Waals surface area contributed by atoms with Gasteiger partial charge in [0.05, 0.1) is 17.4 Å². The first-order valence-electron chi connectivity index (χ1n) is 8.73. The largest absolute Gasteiger partial charge is 0.486 e. The Labute approximate surface area is 151 Å². The molecule has 0 fully saturated rings. The summed E-state index contributed by atoms with van der Waals surface area (Å²) < 4.78 is 11.2. The zero-order valence-electron chi connectivity index (χ0n) is 14.8. The molecule has 3 aromatic rings. The molecule has 6 heteroatoms. The first-order valence-corrected chi connectivity index (χ1v) is 8.73. The predicted octanol–water partition coefficient (Wildman–Crippen LogP) is 2.85. The Hall–Kier alpha value is -2.86. The second-order valence-electron chi connectivity index (χ2n) is 6.49. The maximum Gasteiger partial charge on any atom is 0.258 e. The lowest BCUT2D eigenvalue weighted by Crippen LogP contribution is -2.23. The number of fused-ring (bicyclic) bond motifs is 2. The predicted molar refractivity (Wildman–Crippen MR) is 99.8 cm³/mol. The molecule has 1 atom stereocenters. The summed E-state index contributed by atoms with van der Waals surface area (Å²) in [6, 6.07) is 11.6. The van der Waals surface area contributed by atoms with E-state index in [1.165, 1.54) is 0 Å². The molecule has 0 saturated heterocycles. The third kappa shape index (κ3) is 3.15. The van der Waals surface area contributed by atoms with Crippen LogP contribution >= 0.6 is 0 Å². The number of H-pyrrole nitrogens is 1. The van der Waals surface area contributed by atoms with Gasteiger partial charge in [0.15, 0.2) is 11.5 Å². The number of aryl methyl sites for hydroxylation is 1. The number of aromatic nitrogens is 2. The zero-order chi connectivity index (χ0) is 18.1.